The minimum Gasteiger partial charge on any atom is -0.346 e. The van der Waals surface area contributed by atoms with Gasteiger partial charge in [0.05, 0.1) is 22.1 Å². The van der Waals surface area contributed by atoms with Crippen LogP contribution < -0.4 is 9.80 Å². The normalized spacial score (nSPS) is 14.9. The van der Waals surface area contributed by atoms with Crippen LogP contribution in [0.5, 0.6) is 0 Å². The van der Waals surface area contributed by atoms with Gasteiger partial charge in [-0.2, -0.15) is 5.10 Å². The van der Waals surface area contributed by atoms with Crippen LogP contribution in [0.2, 0.25) is 0 Å². The Balaban J connectivity index is 1.36. The van der Waals surface area contributed by atoms with Crippen LogP contribution >= 0.6 is 11.3 Å². The van der Waals surface area contributed by atoms with Gasteiger partial charge in [-0.05, 0) is 31.0 Å². The molecule has 0 radical (unpaired) electrons. The Kier molecular flexibility index (Phi) is 4.81. The summed E-state index contributed by atoms with van der Waals surface area (Å²) in [6.07, 6.45) is 2.78. The summed E-state index contributed by atoms with van der Waals surface area (Å²) in [5.74, 6) is 0.705. The van der Waals surface area contributed by atoms with Crippen molar-refractivity contribution in [3.63, 3.8) is 0 Å². The fraction of sp³-hybridized carbons (Fsp3) is 0.273. The van der Waals surface area contributed by atoms with Crippen LogP contribution in [-0.4, -0.2) is 46.3 Å². The Morgan fingerprint density at radius 3 is 2.55 bits per heavy atom. The highest BCUT2D eigenvalue weighted by molar-refractivity contribution is 7.22. The summed E-state index contributed by atoms with van der Waals surface area (Å²) in [5.41, 5.74) is 4.25. The first kappa shape index (κ1) is 18.0. The first-order valence-corrected chi connectivity index (χ1v) is 10.7. The lowest BCUT2D eigenvalue weighted by atomic mass is 10.1. The molecule has 4 aromatic rings. The number of fused-ring (bicyclic) bond motifs is 1. The lowest BCUT2D eigenvalue weighted by Crippen LogP contribution is -2.31. The molecule has 6 nitrogen and oxygen atoms in total. The quantitative estimate of drug-likeness (QED) is 0.513. The minimum atomic E-state index is 0.705. The standard InChI is InChI=1S/C22H22N6S/c1-16-7-2-3-8-17(16)19-15-23-26-21(24-19)27-11-6-12-28(14-13-27)22-25-18-9-4-5-10-20(18)29-22/h2-5,7-10,15H,6,11-14H2,1H3. The van der Waals surface area contributed by atoms with Crippen molar-refractivity contribution < 1.29 is 0 Å². The molecule has 1 aliphatic rings. The van der Waals surface area contributed by atoms with Crippen LogP contribution in [0, 0.1) is 6.92 Å². The Morgan fingerprint density at radius 1 is 0.862 bits per heavy atom. The highest BCUT2D eigenvalue weighted by atomic mass is 32.1. The van der Waals surface area contributed by atoms with Gasteiger partial charge in [0.1, 0.15) is 0 Å². The molecule has 0 atom stereocenters. The van der Waals surface area contributed by atoms with Crippen molar-refractivity contribution in [2.75, 3.05) is 36.0 Å². The van der Waals surface area contributed by atoms with E-state index in [1.165, 1.54) is 10.3 Å². The van der Waals surface area contributed by atoms with E-state index in [0.717, 1.165) is 54.5 Å². The second-order valence-electron chi connectivity index (χ2n) is 7.25. The molecule has 0 bridgehead atoms. The average Bonchev–Trinajstić information content (AvgIpc) is 3.03. The number of aryl methyl sites for hydroxylation is 1. The molecular formula is C22H22N6S. The number of benzene rings is 2. The highest BCUT2D eigenvalue weighted by Gasteiger charge is 2.20. The number of rotatable bonds is 3. The summed E-state index contributed by atoms with van der Waals surface area (Å²) in [7, 11) is 0. The van der Waals surface area contributed by atoms with Gasteiger partial charge in [0.25, 0.3) is 0 Å². The summed E-state index contributed by atoms with van der Waals surface area (Å²) in [5, 5.41) is 9.66. The molecule has 3 heterocycles. The molecular weight excluding hydrogens is 380 g/mol. The van der Waals surface area contributed by atoms with E-state index in [1.54, 1.807) is 17.5 Å². The topological polar surface area (TPSA) is 58.0 Å². The predicted octanol–water partition coefficient (Wildman–Crippen LogP) is 4.17. The summed E-state index contributed by atoms with van der Waals surface area (Å²) in [6.45, 7) is 5.76. The third-order valence-electron chi connectivity index (χ3n) is 5.30. The molecule has 29 heavy (non-hydrogen) atoms. The molecule has 1 saturated heterocycles. The van der Waals surface area contributed by atoms with Gasteiger partial charge in [0.15, 0.2) is 5.13 Å². The van der Waals surface area contributed by atoms with Gasteiger partial charge < -0.3 is 9.80 Å². The average molecular weight is 403 g/mol. The SMILES string of the molecule is Cc1ccccc1-c1cnnc(N2CCCN(c3nc4ccccc4s3)CC2)n1. The molecule has 0 unspecified atom stereocenters. The molecule has 1 fully saturated rings. The number of nitrogens with zero attached hydrogens (tertiary/aromatic N) is 6. The van der Waals surface area contributed by atoms with E-state index >= 15 is 0 Å². The van der Waals surface area contributed by atoms with Crippen molar-refractivity contribution in [1.82, 2.24) is 20.2 Å². The van der Waals surface area contributed by atoms with Crippen LogP contribution in [0.15, 0.2) is 54.7 Å². The third-order valence-corrected chi connectivity index (χ3v) is 6.40. The first-order chi connectivity index (χ1) is 14.3. The fourth-order valence-corrected chi connectivity index (χ4v) is 4.74. The van der Waals surface area contributed by atoms with E-state index in [2.05, 4.69) is 57.3 Å². The Hall–Kier alpha value is -3.06. The molecule has 7 heteroatoms. The first-order valence-electron chi connectivity index (χ1n) is 9.89. The van der Waals surface area contributed by atoms with Gasteiger partial charge >= 0.3 is 0 Å². The zero-order valence-corrected chi connectivity index (χ0v) is 17.1. The second-order valence-corrected chi connectivity index (χ2v) is 8.26. The number of para-hydroxylation sites is 1. The maximum absolute atomic E-state index is 4.82. The number of hydrogen-bond donors (Lipinski definition) is 0. The van der Waals surface area contributed by atoms with Crippen molar-refractivity contribution in [3.8, 4) is 11.3 Å². The number of thiazole rings is 1. The van der Waals surface area contributed by atoms with E-state index in [0.29, 0.717) is 5.95 Å². The van der Waals surface area contributed by atoms with Crippen molar-refractivity contribution in [2.24, 2.45) is 0 Å². The Labute approximate surface area is 173 Å². The molecule has 1 aliphatic heterocycles. The lowest BCUT2D eigenvalue weighted by molar-refractivity contribution is 0.765. The molecule has 0 aliphatic carbocycles. The minimum absolute atomic E-state index is 0.705. The largest absolute Gasteiger partial charge is 0.346 e. The van der Waals surface area contributed by atoms with Gasteiger partial charge in [0.2, 0.25) is 5.95 Å². The lowest BCUT2D eigenvalue weighted by Gasteiger charge is -2.21. The highest BCUT2D eigenvalue weighted by Crippen LogP contribution is 2.29. The van der Waals surface area contributed by atoms with E-state index in [4.69, 9.17) is 9.97 Å². The van der Waals surface area contributed by atoms with Crippen LogP contribution in [0.25, 0.3) is 21.5 Å². The second kappa shape index (κ2) is 7.75. The number of aromatic nitrogens is 4. The molecule has 0 saturated carbocycles. The predicted molar refractivity (Wildman–Crippen MR) is 119 cm³/mol. The Morgan fingerprint density at radius 2 is 1.66 bits per heavy atom. The van der Waals surface area contributed by atoms with Gasteiger partial charge in [-0.15, -0.1) is 5.10 Å². The van der Waals surface area contributed by atoms with Gasteiger partial charge in [-0.3, -0.25) is 0 Å². The van der Waals surface area contributed by atoms with Crippen LogP contribution in [0.4, 0.5) is 11.1 Å². The van der Waals surface area contributed by atoms with Crippen LogP contribution in [-0.2, 0) is 0 Å². The molecule has 2 aromatic heterocycles. The molecule has 146 valence electrons. The summed E-state index contributed by atoms with van der Waals surface area (Å²) in [6, 6.07) is 16.6. The molecule has 0 N–H and O–H groups in total. The van der Waals surface area contributed by atoms with Crippen molar-refractivity contribution in [1.29, 1.82) is 0 Å². The molecule has 5 rings (SSSR count). The summed E-state index contributed by atoms with van der Waals surface area (Å²) < 4.78 is 1.24. The zero-order valence-electron chi connectivity index (χ0n) is 16.3. The van der Waals surface area contributed by atoms with Gasteiger partial charge in [-0.1, -0.05) is 47.7 Å². The smallest absolute Gasteiger partial charge is 0.245 e. The van der Waals surface area contributed by atoms with E-state index in [1.807, 2.05) is 18.2 Å². The number of anilines is 2. The zero-order chi connectivity index (χ0) is 19.6. The summed E-state index contributed by atoms with van der Waals surface area (Å²) >= 11 is 1.76. The van der Waals surface area contributed by atoms with Crippen molar-refractivity contribution in [3.05, 3.63) is 60.3 Å². The molecule has 2 aromatic carbocycles. The van der Waals surface area contributed by atoms with E-state index < -0.39 is 0 Å². The maximum Gasteiger partial charge on any atom is 0.245 e. The number of hydrogen-bond acceptors (Lipinski definition) is 7. The maximum atomic E-state index is 4.82. The summed E-state index contributed by atoms with van der Waals surface area (Å²) in [4.78, 5) is 14.3. The third kappa shape index (κ3) is 3.65. The Bertz CT molecular complexity index is 1110. The molecule has 0 spiro atoms. The fourth-order valence-electron chi connectivity index (χ4n) is 3.72. The van der Waals surface area contributed by atoms with Crippen molar-refractivity contribution in [2.45, 2.75) is 13.3 Å². The van der Waals surface area contributed by atoms with Gasteiger partial charge in [0, 0.05) is 31.7 Å². The van der Waals surface area contributed by atoms with Crippen LogP contribution in [0.1, 0.15) is 12.0 Å². The molecule has 0 amide bonds. The van der Waals surface area contributed by atoms with Crippen LogP contribution in [0.3, 0.4) is 0 Å². The van der Waals surface area contributed by atoms with E-state index in [9.17, 15) is 0 Å². The van der Waals surface area contributed by atoms with Gasteiger partial charge in [-0.25, -0.2) is 9.97 Å². The van der Waals surface area contributed by atoms with E-state index in [-0.39, 0.29) is 0 Å². The monoisotopic (exact) mass is 402 g/mol. The van der Waals surface area contributed by atoms with Crippen molar-refractivity contribution >= 4 is 32.6 Å².